The molecule has 0 saturated heterocycles. The lowest BCUT2D eigenvalue weighted by Crippen LogP contribution is -2.22. The van der Waals surface area contributed by atoms with Crippen molar-refractivity contribution in [3.8, 4) is 5.69 Å². The molecular formula is C14H19N3. The fraction of sp³-hybridized carbons (Fsp3) is 0.357. The van der Waals surface area contributed by atoms with Crippen LogP contribution in [0.3, 0.4) is 0 Å². The fourth-order valence-electron chi connectivity index (χ4n) is 1.76. The van der Waals surface area contributed by atoms with Gasteiger partial charge in [-0.05, 0) is 30.2 Å². The van der Waals surface area contributed by atoms with Gasteiger partial charge in [0.2, 0.25) is 0 Å². The number of hydrogen-bond acceptors (Lipinski definition) is 2. The summed E-state index contributed by atoms with van der Waals surface area (Å²) in [5.41, 5.74) is 3.82. The Balaban J connectivity index is 2.17. The van der Waals surface area contributed by atoms with E-state index in [0.29, 0.717) is 6.04 Å². The van der Waals surface area contributed by atoms with Gasteiger partial charge in [0.1, 0.15) is 0 Å². The van der Waals surface area contributed by atoms with Gasteiger partial charge in [0.25, 0.3) is 0 Å². The lowest BCUT2D eigenvalue weighted by atomic mass is 10.1. The highest BCUT2D eigenvalue weighted by atomic mass is 15.0. The Labute approximate surface area is 103 Å². The molecule has 0 bridgehead atoms. The second-order valence-corrected chi connectivity index (χ2v) is 4.62. The normalized spacial score (nSPS) is 11.1. The van der Waals surface area contributed by atoms with Gasteiger partial charge in [-0.1, -0.05) is 19.9 Å². The lowest BCUT2D eigenvalue weighted by Gasteiger charge is -2.12. The maximum absolute atomic E-state index is 4.06. The van der Waals surface area contributed by atoms with Crippen LogP contribution >= 0.6 is 0 Å². The average molecular weight is 229 g/mol. The van der Waals surface area contributed by atoms with Crippen LogP contribution in [0.4, 0.5) is 0 Å². The number of nitrogens with zero attached hydrogens (tertiary/aromatic N) is 2. The van der Waals surface area contributed by atoms with Crippen molar-refractivity contribution in [2.45, 2.75) is 33.4 Å². The first-order valence-corrected chi connectivity index (χ1v) is 5.98. The summed E-state index contributed by atoms with van der Waals surface area (Å²) < 4.78 is 2.02. The molecule has 0 saturated carbocycles. The molecule has 1 aromatic carbocycles. The first-order chi connectivity index (χ1) is 8.16. The van der Waals surface area contributed by atoms with E-state index in [1.807, 2.05) is 17.1 Å². The predicted octanol–water partition coefficient (Wildman–Crippen LogP) is 2.68. The SMILES string of the molecule is Cc1cc(-n2ccnc2)ccc1CNC(C)C. The Morgan fingerprint density at radius 1 is 1.35 bits per heavy atom. The zero-order valence-electron chi connectivity index (χ0n) is 10.6. The van der Waals surface area contributed by atoms with E-state index in [2.05, 4.69) is 49.3 Å². The zero-order valence-corrected chi connectivity index (χ0v) is 10.6. The van der Waals surface area contributed by atoms with Crippen molar-refractivity contribution in [3.63, 3.8) is 0 Å². The highest BCUT2D eigenvalue weighted by Gasteiger charge is 2.02. The van der Waals surface area contributed by atoms with Gasteiger partial charge in [0.15, 0.2) is 0 Å². The predicted molar refractivity (Wildman–Crippen MR) is 70.3 cm³/mol. The first kappa shape index (κ1) is 11.9. The van der Waals surface area contributed by atoms with Crippen LogP contribution in [0.1, 0.15) is 25.0 Å². The summed E-state index contributed by atoms with van der Waals surface area (Å²) in [6.45, 7) is 7.40. The molecule has 0 spiro atoms. The van der Waals surface area contributed by atoms with Gasteiger partial charge in [0.05, 0.1) is 6.33 Å². The van der Waals surface area contributed by atoms with Crippen molar-refractivity contribution in [1.82, 2.24) is 14.9 Å². The molecule has 0 amide bonds. The second-order valence-electron chi connectivity index (χ2n) is 4.62. The molecule has 3 heteroatoms. The molecule has 2 aromatic rings. The summed E-state index contributed by atoms with van der Waals surface area (Å²) in [7, 11) is 0. The maximum atomic E-state index is 4.06. The third-order valence-electron chi connectivity index (χ3n) is 2.83. The molecular weight excluding hydrogens is 210 g/mol. The summed E-state index contributed by atoms with van der Waals surface area (Å²) in [5.74, 6) is 0. The van der Waals surface area contributed by atoms with Gasteiger partial charge < -0.3 is 9.88 Å². The monoisotopic (exact) mass is 229 g/mol. The van der Waals surface area contributed by atoms with Crippen LogP contribution in [0.15, 0.2) is 36.9 Å². The van der Waals surface area contributed by atoms with Crippen molar-refractivity contribution in [3.05, 3.63) is 48.0 Å². The lowest BCUT2D eigenvalue weighted by molar-refractivity contribution is 0.587. The van der Waals surface area contributed by atoms with E-state index in [1.165, 1.54) is 11.1 Å². The highest BCUT2D eigenvalue weighted by molar-refractivity contribution is 5.40. The van der Waals surface area contributed by atoms with Crippen molar-refractivity contribution in [1.29, 1.82) is 0 Å². The highest BCUT2D eigenvalue weighted by Crippen LogP contribution is 2.14. The molecule has 17 heavy (non-hydrogen) atoms. The van der Waals surface area contributed by atoms with Gasteiger partial charge >= 0.3 is 0 Å². The average Bonchev–Trinajstić information content (AvgIpc) is 2.80. The molecule has 0 atom stereocenters. The summed E-state index contributed by atoms with van der Waals surface area (Å²) in [6, 6.07) is 7.02. The van der Waals surface area contributed by atoms with E-state index in [1.54, 1.807) is 6.20 Å². The van der Waals surface area contributed by atoms with E-state index in [0.717, 1.165) is 12.2 Å². The largest absolute Gasteiger partial charge is 0.310 e. The van der Waals surface area contributed by atoms with Gasteiger partial charge in [-0.3, -0.25) is 0 Å². The molecule has 1 heterocycles. The van der Waals surface area contributed by atoms with Gasteiger partial charge in [-0.15, -0.1) is 0 Å². The van der Waals surface area contributed by atoms with E-state index in [9.17, 15) is 0 Å². The zero-order chi connectivity index (χ0) is 12.3. The van der Waals surface area contributed by atoms with E-state index < -0.39 is 0 Å². The molecule has 1 aromatic heterocycles. The van der Waals surface area contributed by atoms with Crippen molar-refractivity contribution in [2.75, 3.05) is 0 Å². The van der Waals surface area contributed by atoms with Crippen molar-refractivity contribution >= 4 is 0 Å². The Kier molecular flexibility index (Phi) is 3.59. The van der Waals surface area contributed by atoms with Crippen LogP contribution < -0.4 is 5.32 Å². The fourth-order valence-corrected chi connectivity index (χ4v) is 1.76. The number of rotatable bonds is 4. The Morgan fingerprint density at radius 3 is 2.76 bits per heavy atom. The van der Waals surface area contributed by atoms with Crippen LogP contribution in [0.5, 0.6) is 0 Å². The number of aryl methyl sites for hydroxylation is 1. The van der Waals surface area contributed by atoms with Gasteiger partial charge in [-0.25, -0.2) is 4.98 Å². The number of hydrogen-bond donors (Lipinski definition) is 1. The summed E-state index contributed by atoms with van der Waals surface area (Å²) in [6.07, 6.45) is 5.57. The van der Waals surface area contributed by atoms with Gasteiger partial charge in [-0.2, -0.15) is 0 Å². The number of imidazole rings is 1. The molecule has 3 nitrogen and oxygen atoms in total. The molecule has 2 rings (SSSR count). The third kappa shape index (κ3) is 2.94. The molecule has 90 valence electrons. The van der Waals surface area contributed by atoms with Crippen LogP contribution in [-0.4, -0.2) is 15.6 Å². The van der Waals surface area contributed by atoms with E-state index in [4.69, 9.17) is 0 Å². The van der Waals surface area contributed by atoms with Gasteiger partial charge in [0, 0.05) is 30.7 Å². The van der Waals surface area contributed by atoms with Crippen molar-refractivity contribution in [2.24, 2.45) is 0 Å². The molecule has 0 aliphatic carbocycles. The molecule has 0 radical (unpaired) electrons. The summed E-state index contributed by atoms with van der Waals surface area (Å²) >= 11 is 0. The smallest absolute Gasteiger partial charge is 0.0991 e. The van der Waals surface area contributed by atoms with E-state index in [-0.39, 0.29) is 0 Å². The minimum atomic E-state index is 0.516. The number of benzene rings is 1. The summed E-state index contributed by atoms with van der Waals surface area (Å²) in [4.78, 5) is 4.06. The van der Waals surface area contributed by atoms with Crippen LogP contribution in [0.25, 0.3) is 5.69 Å². The standard InChI is InChI=1S/C14H19N3/c1-11(2)16-9-13-4-5-14(8-12(13)3)17-7-6-15-10-17/h4-8,10-11,16H,9H2,1-3H3. The minimum absolute atomic E-state index is 0.516. The first-order valence-electron chi connectivity index (χ1n) is 5.98. The molecule has 0 fully saturated rings. The molecule has 0 aliphatic rings. The Bertz CT molecular complexity index is 472. The molecule has 0 aliphatic heterocycles. The third-order valence-corrected chi connectivity index (χ3v) is 2.83. The van der Waals surface area contributed by atoms with Crippen LogP contribution in [-0.2, 0) is 6.54 Å². The van der Waals surface area contributed by atoms with Crippen LogP contribution in [0.2, 0.25) is 0 Å². The van der Waals surface area contributed by atoms with Crippen molar-refractivity contribution < 1.29 is 0 Å². The quantitative estimate of drug-likeness (QED) is 0.873. The molecule has 1 N–H and O–H groups in total. The number of nitrogens with one attached hydrogen (secondary N) is 1. The Hall–Kier alpha value is -1.61. The minimum Gasteiger partial charge on any atom is -0.310 e. The maximum Gasteiger partial charge on any atom is 0.0991 e. The van der Waals surface area contributed by atoms with E-state index >= 15 is 0 Å². The second kappa shape index (κ2) is 5.15. The van der Waals surface area contributed by atoms with Crippen LogP contribution in [0, 0.1) is 6.92 Å². The topological polar surface area (TPSA) is 29.9 Å². The number of aromatic nitrogens is 2. The Morgan fingerprint density at radius 2 is 2.18 bits per heavy atom. The summed E-state index contributed by atoms with van der Waals surface area (Å²) in [5, 5.41) is 3.44. The molecule has 0 unspecified atom stereocenters.